The van der Waals surface area contributed by atoms with E-state index in [0.717, 1.165) is 23.4 Å². The number of carboxylic acids is 1. The number of aromatic carboxylic acids is 1. The molecule has 0 unspecified atom stereocenters. The van der Waals surface area contributed by atoms with E-state index in [1.165, 1.54) is 38.5 Å². The number of carboxylic acid groups (broad SMARTS) is 1. The lowest BCUT2D eigenvalue weighted by Crippen LogP contribution is -2.51. The Morgan fingerprint density at radius 3 is 2.16 bits per heavy atom. The summed E-state index contributed by atoms with van der Waals surface area (Å²) in [6, 6.07) is 1.79. The van der Waals surface area contributed by atoms with E-state index in [4.69, 9.17) is 0 Å². The summed E-state index contributed by atoms with van der Waals surface area (Å²) in [5.41, 5.74) is 1.68. The molecule has 102 valence electrons. The van der Waals surface area contributed by atoms with E-state index >= 15 is 0 Å². The smallest absolute Gasteiger partial charge is 0.337 e. The molecule has 1 N–H and O–H groups in total. The first-order valence-corrected chi connectivity index (χ1v) is 7.49. The summed E-state index contributed by atoms with van der Waals surface area (Å²) < 4.78 is 2.32. The van der Waals surface area contributed by atoms with Crippen molar-refractivity contribution in [2.45, 2.75) is 51.0 Å². The van der Waals surface area contributed by atoms with E-state index in [-0.39, 0.29) is 5.54 Å². The molecular formula is C16H21NO2. The predicted octanol–water partition coefficient (Wildman–Crippen LogP) is 3.42. The van der Waals surface area contributed by atoms with Crippen LogP contribution < -0.4 is 0 Å². The molecule has 0 radical (unpaired) electrons. The molecule has 19 heavy (non-hydrogen) atoms. The molecule has 4 aliphatic carbocycles. The average Bonchev–Trinajstić information content (AvgIpc) is 2.69. The van der Waals surface area contributed by atoms with Gasteiger partial charge in [0.05, 0.1) is 5.56 Å². The van der Waals surface area contributed by atoms with Gasteiger partial charge in [0.1, 0.15) is 0 Å². The van der Waals surface area contributed by atoms with Crippen LogP contribution in [0.15, 0.2) is 12.3 Å². The number of aromatic nitrogens is 1. The summed E-state index contributed by atoms with van der Waals surface area (Å²) >= 11 is 0. The highest BCUT2D eigenvalue weighted by molar-refractivity contribution is 5.89. The summed E-state index contributed by atoms with van der Waals surface area (Å²) in [4.78, 5) is 11.2. The molecule has 1 heterocycles. The minimum atomic E-state index is -0.791. The topological polar surface area (TPSA) is 42.2 Å². The fourth-order valence-corrected chi connectivity index (χ4v) is 5.61. The molecule has 0 aliphatic heterocycles. The number of carbonyl (C=O) groups is 1. The van der Waals surface area contributed by atoms with Crippen LogP contribution in [-0.4, -0.2) is 15.6 Å². The molecule has 0 aromatic carbocycles. The molecular weight excluding hydrogens is 238 g/mol. The Kier molecular flexibility index (Phi) is 2.22. The first kappa shape index (κ1) is 11.6. The van der Waals surface area contributed by atoms with Crippen LogP contribution in [0.2, 0.25) is 0 Å². The molecule has 4 aliphatic rings. The zero-order valence-electron chi connectivity index (χ0n) is 11.4. The highest BCUT2D eigenvalue weighted by atomic mass is 16.4. The lowest BCUT2D eigenvalue weighted by Gasteiger charge is -2.57. The van der Waals surface area contributed by atoms with Crippen LogP contribution in [-0.2, 0) is 5.54 Å². The van der Waals surface area contributed by atoms with Gasteiger partial charge in [0, 0.05) is 17.4 Å². The van der Waals surface area contributed by atoms with Gasteiger partial charge < -0.3 is 9.67 Å². The molecule has 4 bridgehead atoms. The van der Waals surface area contributed by atoms with Crippen molar-refractivity contribution in [3.63, 3.8) is 0 Å². The second kappa shape index (κ2) is 3.65. The highest BCUT2D eigenvalue weighted by Crippen LogP contribution is 2.59. The van der Waals surface area contributed by atoms with E-state index in [1.54, 1.807) is 6.07 Å². The molecule has 3 nitrogen and oxygen atoms in total. The standard InChI is InChI=1S/C16H21NO2/c1-10-14(15(18)19)2-3-17(10)16-7-11-4-12(8-16)6-13(5-11)9-16/h2-3,11-13H,4-9H2,1H3,(H,18,19). The van der Waals surface area contributed by atoms with E-state index in [9.17, 15) is 9.90 Å². The van der Waals surface area contributed by atoms with Crippen LogP contribution in [0, 0.1) is 24.7 Å². The van der Waals surface area contributed by atoms with Gasteiger partial charge in [-0.1, -0.05) is 0 Å². The summed E-state index contributed by atoms with van der Waals surface area (Å²) in [6.45, 7) is 1.97. The third-order valence-corrected chi connectivity index (χ3v) is 5.89. The van der Waals surface area contributed by atoms with Crippen LogP contribution in [0.3, 0.4) is 0 Å². The molecule has 0 saturated heterocycles. The quantitative estimate of drug-likeness (QED) is 0.884. The van der Waals surface area contributed by atoms with Gasteiger partial charge in [-0.25, -0.2) is 4.79 Å². The number of nitrogens with zero attached hydrogens (tertiary/aromatic N) is 1. The van der Waals surface area contributed by atoms with Crippen molar-refractivity contribution < 1.29 is 9.90 Å². The molecule has 4 saturated carbocycles. The van der Waals surface area contributed by atoms with Gasteiger partial charge in [0.2, 0.25) is 0 Å². The Hall–Kier alpha value is -1.25. The SMILES string of the molecule is Cc1c(C(=O)O)ccn1C12CC3CC(CC(C3)C1)C2. The average molecular weight is 259 g/mol. The normalized spacial score (nSPS) is 39.7. The fraction of sp³-hybridized carbons (Fsp3) is 0.688. The van der Waals surface area contributed by atoms with E-state index in [1.807, 2.05) is 13.1 Å². The first-order chi connectivity index (χ1) is 9.07. The number of hydrogen-bond donors (Lipinski definition) is 1. The minimum absolute atomic E-state index is 0.243. The summed E-state index contributed by atoms with van der Waals surface area (Å²) in [7, 11) is 0. The molecule has 0 atom stereocenters. The van der Waals surface area contributed by atoms with Crippen molar-refractivity contribution in [3.05, 3.63) is 23.5 Å². The maximum atomic E-state index is 11.2. The van der Waals surface area contributed by atoms with Gasteiger partial charge in [-0.05, 0) is 69.3 Å². The van der Waals surface area contributed by atoms with Crippen LogP contribution in [0.25, 0.3) is 0 Å². The van der Waals surface area contributed by atoms with Crippen molar-refractivity contribution >= 4 is 5.97 Å². The maximum Gasteiger partial charge on any atom is 0.337 e. The Bertz CT molecular complexity index is 508. The van der Waals surface area contributed by atoms with Gasteiger partial charge >= 0.3 is 5.97 Å². The molecule has 5 rings (SSSR count). The van der Waals surface area contributed by atoms with Gasteiger partial charge in [0.15, 0.2) is 0 Å². The minimum Gasteiger partial charge on any atom is -0.478 e. The van der Waals surface area contributed by atoms with Gasteiger partial charge in [-0.15, -0.1) is 0 Å². The molecule has 0 spiro atoms. The zero-order valence-corrected chi connectivity index (χ0v) is 11.4. The Morgan fingerprint density at radius 1 is 1.21 bits per heavy atom. The summed E-state index contributed by atoms with van der Waals surface area (Å²) in [5.74, 6) is 1.88. The first-order valence-electron chi connectivity index (χ1n) is 7.49. The van der Waals surface area contributed by atoms with Crippen LogP contribution >= 0.6 is 0 Å². The van der Waals surface area contributed by atoms with E-state index in [0.29, 0.717) is 5.56 Å². The van der Waals surface area contributed by atoms with Crippen molar-refractivity contribution in [2.24, 2.45) is 17.8 Å². The lowest BCUT2D eigenvalue weighted by molar-refractivity contribution is -0.0438. The van der Waals surface area contributed by atoms with E-state index < -0.39 is 5.97 Å². The molecule has 0 amide bonds. The van der Waals surface area contributed by atoms with Gasteiger partial charge in [-0.3, -0.25) is 0 Å². The van der Waals surface area contributed by atoms with E-state index in [2.05, 4.69) is 4.57 Å². The summed E-state index contributed by atoms with van der Waals surface area (Å²) in [6.07, 6.45) is 10.1. The lowest BCUT2D eigenvalue weighted by atomic mass is 9.53. The van der Waals surface area contributed by atoms with Crippen LogP contribution in [0.4, 0.5) is 0 Å². The molecule has 3 heteroatoms. The fourth-order valence-electron chi connectivity index (χ4n) is 5.61. The highest BCUT2D eigenvalue weighted by Gasteiger charge is 2.52. The Balaban J connectivity index is 1.77. The molecule has 1 aromatic rings. The summed E-state index contributed by atoms with van der Waals surface area (Å²) in [5, 5.41) is 9.25. The van der Waals surface area contributed by atoms with Crippen LogP contribution in [0.1, 0.15) is 54.6 Å². The second-order valence-electron chi connectivity index (χ2n) is 7.13. The monoisotopic (exact) mass is 259 g/mol. The number of hydrogen-bond acceptors (Lipinski definition) is 1. The number of rotatable bonds is 2. The third-order valence-electron chi connectivity index (χ3n) is 5.89. The Morgan fingerprint density at radius 2 is 1.74 bits per heavy atom. The second-order valence-corrected chi connectivity index (χ2v) is 7.13. The Labute approximate surface area is 113 Å². The third kappa shape index (κ3) is 1.53. The predicted molar refractivity (Wildman–Crippen MR) is 72.3 cm³/mol. The van der Waals surface area contributed by atoms with Crippen molar-refractivity contribution in [3.8, 4) is 0 Å². The van der Waals surface area contributed by atoms with Crippen LogP contribution in [0.5, 0.6) is 0 Å². The maximum absolute atomic E-state index is 11.2. The zero-order chi connectivity index (χ0) is 13.2. The van der Waals surface area contributed by atoms with Crippen molar-refractivity contribution in [1.82, 2.24) is 4.57 Å². The van der Waals surface area contributed by atoms with Gasteiger partial charge in [0.25, 0.3) is 0 Å². The van der Waals surface area contributed by atoms with Crippen molar-refractivity contribution in [2.75, 3.05) is 0 Å². The molecule has 4 fully saturated rings. The largest absolute Gasteiger partial charge is 0.478 e. The van der Waals surface area contributed by atoms with Crippen molar-refractivity contribution in [1.29, 1.82) is 0 Å². The van der Waals surface area contributed by atoms with Gasteiger partial charge in [-0.2, -0.15) is 0 Å². The molecule has 1 aromatic heterocycles.